The van der Waals surface area contributed by atoms with E-state index in [0.717, 1.165) is 26.9 Å². The van der Waals surface area contributed by atoms with Crippen molar-refractivity contribution in [1.82, 2.24) is 9.55 Å². The van der Waals surface area contributed by atoms with Crippen molar-refractivity contribution in [3.8, 4) is 11.6 Å². The van der Waals surface area contributed by atoms with Crippen LogP contribution in [0.5, 0.6) is 11.6 Å². The zero-order chi connectivity index (χ0) is 21.8. The fourth-order valence-electron chi connectivity index (χ4n) is 4.15. The van der Waals surface area contributed by atoms with Crippen molar-refractivity contribution in [2.75, 3.05) is 0 Å². The second-order valence-electron chi connectivity index (χ2n) is 7.48. The van der Waals surface area contributed by atoms with Crippen LogP contribution in [0.4, 0.5) is 0 Å². The zero-order valence-electron chi connectivity index (χ0n) is 17.3. The minimum Gasteiger partial charge on any atom is -0.438 e. The molecule has 0 aliphatic carbocycles. The number of rotatable bonds is 6. The number of benzene rings is 4. The molecule has 0 aliphatic heterocycles. The smallest absolute Gasteiger partial charge is 0.237 e. The van der Waals surface area contributed by atoms with Crippen molar-refractivity contribution >= 4 is 15.9 Å². The monoisotopic (exact) mass is 480 g/mol. The van der Waals surface area contributed by atoms with Crippen LogP contribution in [0.1, 0.15) is 16.7 Å². The summed E-state index contributed by atoms with van der Waals surface area (Å²) in [5.74, 6) is 1.28. The van der Waals surface area contributed by atoms with Crippen LogP contribution < -0.4 is 4.74 Å². The van der Waals surface area contributed by atoms with Crippen molar-refractivity contribution < 1.29 is 4.74 Å². The highest BCUT2D eigenvalue weighted by Gasteiger charge is 2.38. The maximum absolute atomic E-state index is 6.06. The van der Waals surface area contributed by atoms with Gasteiger partial charge in [0.1, 0.15) is 17.6 Å². The topological polar surface area (TPSA) is 27.1 Å². The van der Waals surface area contributed by atoms with E-state index in [9.17, 15) is 0 Å². The van der Waals surface area contributed by atoms with Gasteiger partial charge < -0.3 is 9.30 Å². The summed E-state index contributed by atoms with van der Waals surface area (Å²) in [5.41, 5.74) is 2.83. The van der Waals surface area contributed by atoms with Crippen LogP contribution in [-0.4, -0.2) is 9.55 Å². The Bertz CT molecular complexity index is 1190. The summed E-state index contributed by atoms with van der Waals surface area (Å²) < 4.78 is 9.21. The third kappa shape index (κ3) is 3.74. The van der Waals surface area contributed by atoms with E-state index in [0.29, 0.717) is 5.88 Å². The van der Waals surface area contributed by atoms with Gasteiger partial charge in [-0.2, -0.15) is 0 Å². The van der Waals surface area contributed by atoms with E-state index in [1.807, 2.05) is 55.0 Å². The molecule has 5 aromatic rings. The second kappa shape index (κ2) is 8.85. The Morgan fingerprint density at radius 1 is 0.625 bits per heavy atom. The quantitative estimate of drug-likeness (QED) is 0.238. The lowest BCUT2D eigenvalue weighted by atomic mass is 9.77. The first-order valence-electron chi connectivity index (χ1n) is 10.4. The summed E-state index contributed by atoms with van der Waals surface area (Å²) in [6.07, 6.45) is 3.82. The van der Waals surface area contributed by atoms with E-state index >= 15 is 0 Å². The molecule has 0 amide bonds. The predicted octanol–water partition coefficient (Wildman–Crippen LogP) is 7.28. The normalized spacial score (nSPS) is 11.3. The van der Waals surface area contributed by atoms with Crippen molar-refractivity contribution in [1.29, 1.82) is 0 Å². The number of hydrogen-bond donors (Lipinski definition) is 0. The fourth-order valence-corrected chi connectivity index (χ4v) is 4.41. The number of imidazole rings is 1. The molecule has 4 aromatic carbocycles. The summed E-state index contributed by atoms with van der Waals surface area (Å²) in [6, 6.07) is 39.3. The van der Waals surface area contributed by atoms with Crippen LogP contribution in [0.15, 0.2) is 132 Å². The van der Waals surface area contributed by atoms with Gasteiger partial charge in [0, 0.05) is 4.47 Å². The van der Waals surface area contributed by atoms with E-state index in [-0.39, 0.29) is 0 Å². The Hall–Kier alpha value is -3.63. The summed E-state index contributed by atoms with van der Waals surface area (Å²) in [7, 11) is 0. The van der Waals surface area contributed by atoms with Gasteiger partial charge in [0.15, 0.2) is 0 Å². The summed E-state index contributed by atoms with van der Waals surface area (Å²) >= 11 is 3.46. The number of ether oxygens (including phenoxy) is 1. The molecule has 0 saturated heterocycles. The maximum Gasteiger partial charge on any atom is 0.237 e. The molecular weight excluding hydrogens is 460 g/mol. The first-order chi connectivity index (χ1) is 15.8. The van der Waals surface area contributed by atoms with E-state index in [4.69, 9.17) is 4.74 Å². The van der Waals surface area contributed by atoms with Crippen molar-refractivity contribution in [3.63, 3.8) is 0 Å². The van der Waals surface area contributed by atoms with E-state index in [2.05, 4.69) is 98.3 Å². The summed E-state index contributed by atoms with van der Waals surface area (Å²) in [6.45, 7) is 0. The van der Waals surface area contributed by atoms with Gasteiger partial charge in [-0.05, 0) is 41.0 Å². The van der Waals surface area contributed by atoms with E-state index in [1.54, 1.807) is 0 Å². The first kappa shape index (κ1) is 20.3. The summed E-state index contributed by atoms with van der Waals surface area (Å²) in [5, 5.41) is 0. The maximum atomic E-state index is 6.06. The van der Waals surface area contributed by atoms with Crippen LogP contribution in [-0.2, 0) is 5.54 Å². The van der Waals surface area contributed by atoms with Crippen LogP contribution in [0.2, 0.25) is 0 Å². The minimum absolute atomic E-state index is 0.541. The number of hydrogen-bond acceptors (Lipinski definition) is 2. The largest absolute Gasteiger partial charge is 0.438 e. The Kier molecular flexibility index (Phi) is 5.61. The van der Waals surface area contributed by atoms with Crippen LogP contribution in [0.25, 0.3) is 0 Å². The van der Waals surface area contributed by atoms with Gasteiger partial charge in [0.25, 0.3) is 0 Å². The van der Waals surface area contributed by atoms with Gasteiger partial charge >= 0.3 is 0 Å². The van der Waals surface area contributed by atoms with Crippen molar-refractivity contribution in [3.05, 3.63) is 149 Å². The SMILES string of the molecule is Brc1ccc(Oc2cn(C(c3ccccc3)(c3ccccc3)c3ccccc3)cn2)cc1. The lowest BCUT2D eigenvalue weighted by Gasteiger charge is -2.37. The molecule has 156 valence electrons. The standard InChI is InChI=1S/C28H21BrN2O/c29-25-16-18-26(19-17-25)32-27-20-31(21-30-27)28(22-10-4-1-5-11-22,23-12-6-2-7-13-23)24-14-8-3-9-15-24/h1-21H. The van der Waals surface area contributed by atoms with Gasteiger partial charge in [0.2, 0.25) is 5.88 Å². The number of nitrogens with zero attached hydrogens (tertiary/aromatic N) is 2. The molecule has 0 fully saturated rings. The van der Waals surface area contributed by atoms with Gasteiger partial charge in [-0.3, -0.25) is 0 Å². The Morgan fingerprint density at radius 2 is 1.09 bits per heavy atom. The third-order valence-corrected chi connectivity index (χ3v) is 6.09. The Balaban J connectivity index is 1.70. The average molecular weight is 481 g/mol. The highest BCUT2D eigenvalue weighted by Crippen LogP contribution is 2.41. The molecule has 3 nitrogen and oxygen atoms in total. The first-order valence-corrected chi connectivity index (χ1v) is 11.2. The second-order valence-corrected chi connectivity index (χ2v) is 8.40. The number of aromatic nitrogens is 2. The number of halogens is 1. The minimum atomic E-state index is -0.599. The van der Waals surface area contributed by atoms with Gasteiger partial charge in [0.05, 0.1) is 6.20 Å². The zero-order valence-corrected chi connectivity index (χ0v) is 18.9. The molecule has 0 atom stereocenters. The molecule has 0 spiro atoms. The Labute approximate surface area is 196 Å². The lowest BCUT2D eigenvalue weighted by Crippen LogP contribution is -2.36. The average Bonchev–Trinajstić information content (AvgIpc) is 3.32. The summed E-state index contributed by atoms with van der Waals surface area (Å²) in [4.78, 5) is 4.61. The fraction of sp³-hybridized carbons (Fsp3) is 0.0357. The molecule has 0 N–H and O–H groups in total. The molecule has 0 unspecified atom stereocenters. The third-order valence-electron chi connectivity index (χ3n) is 5.56. The van der Waals surface area contributed by atoms with Crippen LogP contribution in [0, 0.1) is 0 Å². The van der Waals surface area contributed by atoms with Gasteiger partial charge in [-0.25, -0.2) is 4.98 Å². The molecule has 32 heavy (non-hydrogen) atoms. The molecule has 5 rings (SSSR count). The van der Waals surface area contributed by atoms with Crippen LogP contribution >= 0.6 is 15.9 Å². The molecule has 0 saturated carbocycles. The highest BCUT2D eigenvalue weighted by molar-refractivity contribution is 9.10. The van der Waals surface area contributed by atoms with Gasteiger partial charge in [-0.1, -0.05) is 107 Å². The van der Waals surface area contributed by atoms with Gasteiger partial charge in [-0.15, -0.1) is 0 Å². The van der Waals surface area contributed by atoms with E-state index < -0.39 is 5.54 Å². The highest BCUT2D eigenvalue weighted by atomic mass is 79.9. The lowest BCUT2D eigenvalue weighted by molar-refractivity contribution is 0.460. The molecular formula is C28H21BrN2O. The molecule has 1 heterocycles. The van der Waals surface area contributed by atoms with Crippen molar-refractivity contribution in [2.24, 2.45) is 0 Å². The predicted molar refractivity (Wildman–Crippen MR) is 131 cm³/mol. The van der Waals surface area contributed by atoms with Crippen molar-refractivity contribution in [2.45, 2.75) is 5.54 Å². The molecule has 0 bridgehead atoms. The molecule has 1 aromatic heterocycles. The van der Waals surface area contributed by atoms with E-state index in [1.165, 1.54) is 0 Å². The van der Waals surface area contributed by atoms with Crippen LogP contribution in [0.3, 0.4) is 0 Å². The molecule has 0 aliphatic rings. The molecule has 0 radical (unpaired) electrons. The Morgan fingerprint density at radius 3 is 1.56 bits per heavy atom. The molecule has 4 heteroatoms.